The van der Waals surface area contributed by atoms with Gasteiger partial charge in [0.2, 0.25) is 0 Å². The van der Waals surface area contributed by atoms with Gasteiger partial charge in [0.05, 0.1) is 24.4 Å². The lowest BCUT2D eigenvalue weighted by Gasteiger charge is -2.49. The van der Waals surface area contributed by atoms with E-state index in [1.165, 1.54) is 6.92 Å². The quantitative estimate of drug-likeness (QED) is 0.285. The molecular formula is C39H61N5O9. The van der Waals surface area contributed by atoms with Crippen molar-refractivity contribution in [1.82, 2.24) is 20.0 Å². The van der Waals surface area contributed by atoms with Crippen molar-refractivity contribution < 1.29 is 43.2 Å². The molecule has 1 amide bonds. The molecule has 1 N–H and O–H groups in total. The van der Waals surface area contributed by atoms with Gasteiger partial charge in [0, 0.05) is 43.1 Å². The number of likely N-dealkylation sites (N-methyl/N-ethyl adjacent to an activating group) is 1. The van der Waals surface area contributed by atoms with E-state index in [1.807, 2.05) is 71.9 Å². The van der Waals surface area contributed by atoms with Crippen molar-refractivity contribution >= 4 is 23.6 Å². The number of aliphatic hydroxyl groups excluding tert-OH is 1. The third-order valence-electron chi connectivity index (χ3n) is 12.1. The first-order valence-corrected chi connectivity index (χ1v) is 19.2. The molecule has 5 heterocycles. The van der Waals surface area contributed by atoms with Crippen LogP contribution in [0.1, 0.15) is 86.6 Å². The molecule has 14 heteroatoms. The monoisotopic (exact) mass is 743 g/mol. The molecule has 0 spiro atoms. The number of esters is 1. The second-order valence-electron chi connectivity index (χ2n) is 16.2. The average molecular weight is 744 g/mol. The largest absolute Gasteiger partial charge is 0.457 e. The number of hydrogen-bond donors (Lipinski definition) is 1. The van der Waals surface area contributed by atoms with Crippen LogP contribution in [-0.2, 0) is 39.7 Å². The predicted molar refractivity (Wildman–Crippen MR) is 196 cm³/mol. The highest BCUT2D eigenvalue weighted by molar-refractivity contribution is 6.00. The van der Waals surface area contributed by atoms with E-state index in [-0.39, 0.29) is 24.0 Å². The molecule has 0 aromatic carbocycles. The molecule has 14 nitrogen and oxygen atoms in total. The summed E-state index contributed by atoms with van der Waals surface area (Å²) in [7, 11) is 5.38. The molecule has 4 aliphatic rings. The van der Waals surface area contributed by atoms with Crippen LogP contribution < -0.4 is 0 Å². The maximum Gasteiger partial charge on any atom is 0.431 e. The summed E-state index contributed by atoms with van der Waals surface area (Å²) >= 11 is 0. The lowest BCUT2D eigenvalue weighted by Crippen LogP contribution is -2.63. The summed E-state index contributed by atoms with van der Waals surface area (Å²) in [5, 5.41) is 19.9. The highest BCUT2D eigenvalue weighted by Gasteiger charge is 2.63. The van der Waals surface area contributed by atoms with Crippen LogP contribution in [-0.4, -0.2) is 130 Å². The zero-order valence-corrected chi connectivity index (χ0v) is 33.4. The number of ether oxygens (including phenoxy) is 5. The highest BCUT2D eigenvalue weighted by atomic mass is 16.7. The van der Waals surface area contributed by atoms with E-state index >= 15 is 0 Å². The molecular weight excluding hydrogens is 682 g/mol. The van der Waals surface area contributed by atoms with E-state index in [2.05, 4.69) is 11.9 Å². The number of aromatic nitrogens is 1. The number of ketones is 1. The van der Waals surface area contributed by atoms with Gasteiger partial charge in [-0.1, -0.05) is 33.8 Å². The Morgan fingerprint density at radius 1 is 1.09 bits per heavy atom. The van der Waals surface area contributed by atoms with Gasteiger partial charge in [-0.05, 0) is 91.4 Å². The molecule has 1 aromatic heterocycles. The number of hydrazine groups is 1. The Labute approximate surface area is 314 Å². The zero-order chi connectivity index (χ0) is 39.0. The van der Waals surface area contributed by atoms with E-state index in [9.17, 15) is 19.5 Å². The molecule has 3 saturated heterocycles. The van der Waals surface area contributed by atoms with Crippen LogP contribution in [0.2, 0.25) is 0 Å². The van der Waals surface area contributed by atoms with Crippen molar-refractivity contribution in [2.24, 2.45) is 28.8 Å². The van der Waals surface area contributed by atoms with E-state index < -0.39 is 71.5 Å². The molecule has 1 unspecified atom stereocenters. The van der Waals surface area contributed by atoms with Crippen LogP contribution >= 0.6 is 0 Å². The number of Topliss-reactive ketones (excluding diaryl/α,β-unsaturated/α-hetero) is 1. The van der Waals surface area contributed by atoms with Crippen LogP contribution in [0.25, 0.3) is 0 Å². The number of pyridine rings is 1. The van der Waals surface area contributed by atoms with Gasteiger partial charge < -0.3 is 33.7 Å². The van der Waals surface area contributed by atoms with E-state index in [4.69, 9.17) is 28.8 Å². The third kappa shape index (κ3) is 7.98. The molecule has 2 bridgehead atoms. The summed E-state index contributed by atoms with van der Waals surface area (Å²) < 4.78 is 31.6. The fourth-order valence-electron chi connectivity index (χ4n) is 9.09. The van der Waals surface area contributed by atoms with Crippen LogP contribution in [0.3, 0.4) is 0 Å². The van der Waals surface area contributed by atoms with Gasteiger partial charge >= 0.3 is 12.1 Å². The van der Waals surface area contributed by atoms with E-state index in [0.29, 0.717) is 32.2 Å². The second kappa shape index (κ2) is 16.3. The summed E-state index contributed by atoms with van der Waals surface area (Å²) in [6.45, 7) is 15.3. The summed E-state index contributed by atoms with van der Waals surface area (Å²) in [6.07, 6.45) is 1.67. The Hall–Kier alpha value is -3.17. The number of cyclic esters (lactones) is 1. The molecule has 296 valence electrons. The minimum absolute atomic E-state index is 0.219. The minimum atomic E-state index is -1.24. The maximum absolute atomic E-state index is 14.3. The number of rotatable bonds is 9. The fourth-order valence-corrected chi connectivity index (χ4v) is 9.09. The Kier molecular flexibility index (Phi) is 12.6. The van der Waals surface area contributed by atoms with Gasteiger partial charge in [-0.25, -0.2) is 4.79 Å². The molecule has 1 aromatic rings. The summed E-state index contributed by atoms with van der Waals surface area (Å²) in [5.41, 5.74) is -0.473. The van der Waals surface area contributed by atoms with Crippen molar-refractivity contribution in [2.75, 3.05) is 27.7 Å². The molecule has 0 aliphatic carbocycles. The van der Waals surface area contributed by atoms with Crippen molar-refractivity contribution in [3.05, 3.63) is 30.1 Å². The minimum Gasteiger partial charge on any atom is -0.457 e. The number of carbonyl (C=O) groups excluding carboxylic acids is 3. The first-order chi connectivity index (χ1) is 25.0. The van der Waals surface area contributed by atoms with Gasteiger partial charge in [0.25, 0.3) is 0 Å². The number of fused-ring (bicyclic) bond motifs is 1. The predicted octanol–water partition coefficient (Wildman–Crippen LogP) is 4.24. The third-order valence-corrected chi connectivity index (χ3v) is 12.1. The van der Waals surface area contributed by atoms with Crippen molar-refractivity contribution in [1.29, 1.82) is 0 Å². The molecule has 0 saturated carbocycles. The van der Waals surface area contributed by atoms with Gasteiger partial charge in [-0.2, -0.15) is 15.2 Å². The molecule has 3 fully saturated rings. The second-order valence-corrected chi connectivity index (χ2v) is 16.2. The zero-order valence-electron chi connectivity index (χ0n) is 33.4. The first kappa shape index (κ1) is 41.0. The Morgan fingerprint density at radius 3 is 2.43 bits per heavy atom. The van der Waals surface area contributed by atoms with Crippen molar-refractivity contribution in [2.45, 2.75) is 141 Å². The molecule has 5 rings (SSSR count). The topological polar surface area (TPSA) is 153 Å². The number of nitrogens with zero attached hydrogens (tertiary/aromatic N) is 5. The summed E-state index contributed by atoms with van der Waals surface area (Å²) in [4.78, 5) is 48.2. The number of methoxy groups -OCH3 is 1. The number of amides is 1. The summed E-state index contributed by atoms with van der Waals surface area (Å²) in [5.74, 6) is -3.70. The molecule has 13 atom stereocenters. The van der Waals surface area contributed by atoms with Gasteiger partial charge in [0.1, 0.15) is 24.2 Å². The van der Waals surface area contributed by atoms with Gasteiger partial charge in [-0.3, -0.25) is 14.6 Å². The van der Waals surface area contributed by atoms with E-state index in [1.54, 1.807) is 30.4 Å². The fraction of sp³-hybridized carbons (Fsp3) is 0.769. The normalized spacial score (nSPS) is 39.8. The summed E-state index contributed by atoms with van der Waals surface area (Å²) in [6, 6.07) is 3.12. The smallest absolute Gasteiger partial charge is 0.431 e. The molecule has 4 aliphatic heterocycles. The number of aryl methyl sites for hydroxylation is 1. The molecule has 53 heavy (non-hydrogen) atoms. The Balaban J connectivity index is 1.58. The van der Waals surface area contributed by atoms with E-state index in [0.717, 1.165) is 17.7 Å². The lowest BCUT2D eigenvalue weighted by molar-refractivity contribution is -0.295. The lowest BCUT2D eigenvalue weighted by atomic mass is 9.73. The number of carbonyl (C=O) groups is 3. The van der Waals surface area contributed by atoms with Crippen molar-refractivity contribution in [3.8, 4) is 0 Å². The Morgan fingerprint density at radius 2 is 1.81 bits per heavy atom. The SMILES string of the molecule is CC[C@H]1OC(=O)[C@H](C)C(=O)[C@H](C)[C@@H](O[C@H]2O[C@@H](C)C[C@@H](N(C)C)[C@@H]2O)C(C)(OC)C[C@@H](C)C2=NN(CCCc3cccnc3)N3C(=O)O[C@@]1(C)[C@H]3[C@H]2C. The van der Waals surface area contributed by atoms with Gasteiger partial charge in [-0.15, -0.1) is 0 Å². The number of hydrogen-bond acceptors (Lipinski definition) is 13. The van der Waals surface area contributed by atoms with Crippen LogP contribution in [0.15, 0.2) is 29.6 Å². The first-order valence-electron chi connectivity index (χ1n) is 19.2. The average Bonchev–Trinajstić information content (AvgIpc) is 3.41. The van der Waals surface area contributed by atoms with Crippen molar-refractivity contribution in [3.63, 3.8) is 0 Å². The van der Waals surface area contributed by atoms with Gasteiger partial charge in [0.15, 0.2) is 17.7 Å². The van der Waals surface area contributed by atoms with Crippen LogP contribution in [0.4, 0.5) is 4.79 Å². The number of hydrazone groups is 1. The highest BCUT2D eigenvalue weighted by Crippen LogP contribution is 2.45. The maximum atomic E-state index is 14.3. The van der Waals surface area contributed by atoms with Crippen LogP contribution in [0.5, 0.6) is 0 Å². The standard InChI is InChI=1S/C39H61N5O9/c1-12-29-39(8)33-24(4)30(41-43(44(33)37(48)53-39)18-14-16-27-15-13-17-40-21-27)22(2)20-38(7,49-11)34(25(5)31(45)26(6)35(47)51-29)52-36-32(46)28(42(9)10)19-23(3)50-36/h13,15,17,21-26,28-29,32-34,36,46H,12,14,16,18-20H2,1-11H3/t22-,23+,24+,25+,26-,28-,29-,32+,33-,34-,36-,38?,39-/m1/s1. The van der Waals surface area contributed by atoms with Crippen LogP contribution in [0, 0.1) is 23.7 Å². The molecule has 0 radical (unpaired) electrons. The number of aliphatic hydroxyl groups is 1. The Bertz CT molecular complexity index is 1500.